The summed E-state index contributed by atoms with van der Waals surface area (Å²) in [6, 6.07) is 6.37. The largest absolute Gasteiger partial charge is 0.388 e. The molecule has 0 saturated carbocycles. The lowest BCUT2D eigenvalue weighted by Crippen LogP contribution is -2.38. The van der Waals surface area contributed by atoms with Gasteiger partial charge in [-0.1, -0.05) is 0 Å². The fourth-order valence-corrected chi connectivity index (χ4v) is 3.01. The standard InChI is InChI=1S/C12H17N3O3S/c1-13-9-2-5-11(6-3-9)19(17,18)14-8-10-4-7-12(16)15-10/h2-3,5-6,10,13-14H,4,7-8H2,1H3,(H,15,16). The van der Waals surface area contributed by atoms with Gasteiger partial charge in [0.1, 0.15) is 0 Å². The second-order valence-corrected chi connectivity index (χ2v) is 6.20. The maximum atomic E-state index is 12.0. The van der Waals surface area contributed by atoms with Gasteiger partial charge < -0.3 is 10.6 Å². The predicted octanol–water partition coefficient (Wildman–Crippen LogP) is 0.285. The summed E-state index contributed by atoms with van der Waals surface area (Å²) in [7, 11) is -1.75. The highest BCUT2D eigenvalue weighted by molar-refractivity contribution is 7.89. The molecular formula is C12H17N3O3S. The van der Waals surface area contributed by atoms with Crippen LogP contribution in [-0.2, 0) is 14.8 Å². The molecule has 1 amide bonds. The Labute approximate surface area is 112 Å². The average Bonchev–Trinajstić information content (AvgIpc) is 2.82. The average molecular weight is 283 g/mol. The van der Waals surface area contributed by atoms with Crippen LogP contribution < -0.4 is 15.4 Å². The van der Waals surface area contributed by atoms with E-state index in [4.69, 9.17) is 0 Å². The lowest BCUT2D eigenvalue weighted by atomic mass is 10.2. The van der Waals surface area contributed by atoms with Gasteiger partial charge in [0, 0.05) is 31.7 Å². The van der Waals surface area contributed by atoms with Crippen LogP contribution in [-0.4, -0.2) is 34.0 Å². The molecule has 0 aliphatic carbocycles. The van der Waals surface area contributed by atoms with Crippen molar-refractivity contribution >= 4 is 21.6 Å². The number of rotatable bonds is 5. The molecule has 104 valence electrons. The Balaban J connectivity index is 1.99. The molecule has 1 heterocycles. The predicted molar refractivity (Wildman–Crippen MR) is 72.3 cm³/mol. The smallest absolute Gasteiger partial charge is 0.240 e. The normalized spacial score (nSPS) is 19.2. The lowest BCUT2D eigenvalue weighted by Gasteiger charge is -2.12. The molecule has 2 rings (SSSR count). The van der Waals surface area contributed by atoms with Crippen molar-refractivity contribution in [2.24, 2.45) is 0 Å². The quantitative estimate of drug-likeness (QED) is 0.724. The number of hydrogen-bond donors (Lipinski definition) is 3. The van der Waals surface area contributed by atoms with E-state index >= 15 is 0 Å². The molecule has 19 heavy (non-hydrogen) atoms. The van der Waals surface area contributed by atoms with Crippen molar-refractivity contribution in [2.75, 3.05) is 18.9 Å². The van der Waals surface area contributed by atoms with E-state index in [1.165, 1.54) is 0 Å². The third kappa shape index (κ3) is 3.45. The van der Waals surface area contributed by atoms with Crippen LogP contribution in [0.4, 0.5) is 5.69 Å². The van der Waals surface area contributed by atoms with E-state index < -0.39 is 10.0 Å². The summed E-state index contributed by atoms with van der Waals surface area (Å²) < 4.78 is 26.6. The van der Waals surface area contributed by atoms with Gasteiger partial charge in [-0.25, -0.2) is 13.1 Å². The molecule has 0 spiro atoms. The van der Waals surface area contributed by atoms with Crippen molar-refractivity contribution in [2.45, 2.75) is 23.8 Å². The summed E-state index contributed by atoms with van der Waals surface area (Å²) in [5.74, 6) is -0.0254. The van der Waals surface area contributed by atoms with Gasteiger partial charge in [-0.15, -0.1) is 0 Å². The summed E-state index contributed by atoms with van der Waals surface area (Å²) in [5, 5.41) is 5.64. The Morgan fingerprint density at radius 2 is 2.00 bits per heavy atom. The number of carbonyl (C=O) groups excluding carboxylic acids is 1. The number of carbonyl (C=O) groups is 1. The molecule has 1 aromatic carbocycles. The van der Waals surface area contributed by atoms with Gasteiger partial charge in [0.25, 0.3) is 0 Å². The van der Waals surface area contributed by atoms with E-state index in [0.717, 1.165) is 5.69 Å². The minimum absolute atomic E-state index is 0.0254. The van der Waals surface area contributed by atoms with E-state index in [9.17, 15) is 13.2 Å². The van der Waals surface area contributed by atoms with Crippen molar-refractivity contribution in [3.63, 3.8) is 0 Å². The van der Waals surface area contributed by atoms with Crippen molar-refractivity contribution in [1.29, 1.82) is 0 Å². The first-order chi connectivity index (χ1) is 9.01. The van der Waals surface area contributed by atoms with Gasteiger partial charge >= 0.3 is 0 Å². The fraction of sp³-hybridized carbons (Fsp3) is 0.417. The van der Waals surface area contributed by atoms with Crippen molar-refractivity contribution < 1.29 is 13.2 Å². The highest BCUT2D eigenvalue weighted by Gasteiger charge is 2.23. The van der Waals surface area contributed by atoms with Crippen LogP contribution in [0.5, 0.6) is 0 Å². The molecule has 0 radical (unpaired) electrons. The molecule has 1 saturated heterocycles. The van der Waals surface area contributed by atoms with Gasteiger partial charge in [-0.05, 0) is 30.7 Å². The zero-order valence-electron chi connectivity index (χ0n) is 10.6. The minimum Gasteiger partial charge on any atom is -0.388 e. The Kier molecular flexibility index (Phi) is 4.06. The monoisotopic (exact) mass is 283 g/mol. The van der Waals surface area contributed by atoms with Crippen LogP contribution in [0.3, 0.4) is 0 Å². The van der Waals surface area contributed by atoms with Gasteiger partial charge in [0.05, 0.1) is 4.90 Å². The van der Waals surface area contributed by atoms with E-state index in [2.05, 4.69) is 15.4 Å². The topological polar surface area (TPSA) is 87.3 Å². The zero-order valence-corrected chi connectivity index (χ0v) is 11.5. The van der Waals surface area contributed by atoms with Gasteiger partial charge in [0.2, 0.25) is 15.9 Å². The van der Waals surface area contributed by atoms with Crippen molar-refractivity contribution in [1.82, 2.24) is 10.0 Å². The first-order valence-electron chi connectivity index (χ1n) is 6.08. The summed E-state index contributed by atoms with van der Waals surface area (Å²) in [4.78, 5) is 11.2. The number of benzene rings is 1. The first kappa shape index (κ1) is 13.8. The number of amides is 1. The maximum absolute atomic E-state index is 12.0. The SMILES string of the molecule is CNc1ccc(S(=O)(=O)NCC2CCC(=O)N2)cc1. The van der Waals surface area contributed by atoms with Crippen LogP contribution in [0.1, 0.15) is 12.8 Å². The van der Waals surface area contributed by atoms with Crippen LogP contribution in [0, 0.1) is 0 Å². The van der Waals surface area contributed by atoms with Gasteiger partial charge in [0.15, 0.2) is 0 Å². The Bertz CT molecular complexity index is 554. The van der Waals surface area contributed by atoms with Crippen LogP contribution >= 0.6 is 0 Å². The van der Waals surface area contributed by atoms with Crippen LogP contribution in [0.25, 0.3) is 0 Å². The molecule has 7 heteroatoms. The molecule has 3 N–H and O–H groups in total. The first-order valence-corrected chi connectivity index (χ1v) is 7.56. The molecule has 1 atom stereocenters. The third-order valence-corrected chi connectivity index (χ3v) is 4.50. The van der Waals surface area contributed by atoms with E-state index in [1.807, 2.05) is 0 Å². The molecule has 1 aromatic rings. The maximum Gasteiger partial charge on any atom is 0.240 e. The fourth-order valence-electron chi connectivity index (χ4n) is 1.92. The molecule has 1 fully saturated rings. The molecule has 0 bridgehead atoms. The molecule has 1 aliphatic rings. The number of nitrogens with one attached hydrogen (secondary N) is 3. The molecule has 0 aromatic heterocycles. The Morgan fingerprint density at radius 3 is 2.53 bits per heavy atom. The lowest BCUT2D eigenvalue weighted by molar-refractivity contribution is -0.119. The number of hydrogen-bond acceptors (Lipinski definition) is 4. The van der Waals surface area contributed by atoms with E-state index in [1.54, 1.807) is 31.3 Å². The third-order valence-electron chi connectivity index (χ3n) is 3.06. The highest BCUT2D eigenvalue weighted by Crippen LogP contribution is 2.14. The van der Waals surface area contributed by atoms with Gasteiger partial charge in [-0.2, -0.15) is 0 Å². The van der Waals surface area contributed by atoms with Crippen LogP contribution in [0.15, 0.2) is 29.2 Å². The molecule has 1 unspecified atom stereocenters. The van der Waals surface area contributed by atoms with Crippen LogP contribution in [0.2, 0.25) is 0 Å². The minimum atomic E-state index is -3.52. The second-order valence-electron chi connectivity index (χ2n) is 4.43. The molecule has 6 nitrogen and oxygen atoms in total. The van der Waals surface area contributed by atoms with Crippen molar-refractivity contribution in [3.8, 4) is 0 Å². The zero-order chi connectivity index (χ0) is 13.9. The number of sulfonamides is 1. The highest BCUT2D eigenvalue weighted by atomic mass is 32.2. The summed E-state index contributed by atoms with van der Waals surface area (Å²) >= 11 is 0. The molecule has 1 aliphatic heterocycles. The van der Waals surface area contributed by atoms with E-state index in [-0.39, 0.29) is 23.4 Å². The Morgan fingerprint density at radius 1 is 1.32 bits per heavy atom. The summed E-state index contributed by atoms with van der Waals surface area (Å²) in [6.07, 6.45) is 1.13. The molecular weight excluding hydrogens is 266 g/mol. The van der Waals surface area contributed by atoms with Crippen molar-refractivity contribution in [3.05, 3.63) is 24.3 Å². The second kappa shape index (κ2) is 5.58. The summed E-state index contributed by atoms with van der Waals surface area (Å²) in [5.41, 5.74) is 0.849. The van der Waals surface area contributed by atoms with E-state index in [0.29, 0.717) is 12.8 Å². The summed E-state index contributed by atoms with van der Waals surface area (Å²) in [6.45, 7) is 0.224. The van der Waals surface area contributed by atoms with Gasteiger partial charge in [-0.3, -0.25) is 4.79 Å². The number of anilines is 1. The Hall–Kier alpha value is -1.60.